The molecular formula is C55H63N3. The molecule has 298 valence electrons. The van der Waals surface area contributed by atoms with E-state index in [0.717, 1.165) is 51.1 Å². The summed E-state index contributed by atoms with van der Waals surface area (Å²) in [6.45, 7) is 17.4. The topological polar surface area (TPSA) is 53.0 Å². The van der Waals surface area contributed by atoms with E-state index in [-0.39, 0.29) is 6.04 Å². The smallest absolute Gasteiger partial charge is 0.0998 e. The molecule has 0 aliphatic heterocycles. The Morgan fingerprint density at radius 2 is 0.948 bits per heavy atom. The minimum atomic E-state index is 0.159. The van der Waals surface area contributed by atoms with Gasteiger partial charge in [-0.15, -0.1) is 0 Å². The van der Waals surface area contributed by atoms with Crippen LogP contribution in [-0.4, -0.2) is 18.0 Å². The molecule has 58 heavy (non-hydrogen) atoms. The molecule has 3 nitrogen and oxygen atoms in total. The van der Waals surface area contributed by atoms with Crippen LogP contribution < -0.4 is 5.73 Å². The van der Waals surface area contributed by atoms with Crippen molar-refractivity contribution in [2.24, 2.45) is 5.73 Å². The van der Waals surface area contributed by atoms with E-state index in [1.807, 2.05) is 101 Å². The molecule has 0 heterocycles. The zero-order chi connectivity index (χ0) is 42.3. The third kappa shape index (κ3) is 14.5. The van der Waals surface area contributed by atoms with E-state index >= 15 is 0 Å². The van der Waals surface area contributed by atoms with E-state index in [4.69, 9.17) is 5.73 Å². The van der Waals surface area contributed by atoms with Crippen LogP contribution in [0.25, 0.3) is 44.5 Å². The fourth-order valence-electron chi connectivity index (χ4n) is 6.05. The molecule has 7 aromatic rings. The SMILES string of the molecule is CC.CC.CC(C)N(C)Cc1cccc(-c2ccc(C#N)c(-c3cc(-c4ccccc4)cc(-c4ccccc4)c3)c2)c1.CC(N)c1ccccc1.Cc1ccccc1. The molecule has 0 saturated heterocycles. The average molecular weight is 766 g/mol. The summed E-state index contributed by atoms with van der Waals surface area (Å²) in [4.78, 5) is 2.34. The summed E-state index contributed by atoms with van der Waals surface area (Å²) in [5, 5.41) is 10.1. The van der Waals surface area contributed by atoms with Crippen molar-refractivity contribution >= 4 is 0 Å². The van der Waals surface area contributed by atoms with E-state index in [1.165, 1.54) is 16.7 Å². The van der Waals surface area contributed by atoms with Crippen molar-refractivity contribution in [3.05, 3.63) is 204 Å². The number of benzene rings is 7. The molecule has 2 N–H and O–H groups in total. The minimum absolute atomic E-state index is 0.159. The first-order valence-corrected chi connectivity index (χ1v) is 20.6. The van der Waals surface area contributed by atoms with Crippen LogP contribution in [0.1, 0.15) is 76.8 Å². The number of nitrogens with two attached hydrogens (primary N) is 1. The van der Waals surface area contributed by atoms with Gasteiger partial charge in [-0.1, -0.05) is 179 Å². The van der Waals surface area contributed by atoms with E-state index in [9.17, 15) is 5.26 Å². The van der Waals surface area contributed by atoms with Crippen LogP contribution in [0.4, 0.5) is 0 Å². The van der Waals surface area contributed by atoms with Crippen LogP contribution in [0.3, 0.4) is 0 Å². The van der Waals surface area contributed by atoms with E-state index in [0.29, 0.717) is 11.6 Å². The Labute approximate surface area is 350 Å². The van der Waals surface area contributed by atoms with Gasteiger partial charge in [0.2, 0.25) is 0 Å². The maximum atomic E-state index is 10.1. The van der Waals surface area contributed by atoms with E-state index < -0.39 is 0 Å². The van der Waals surface area contributed by atoms with Gasteiger partial charge in [0.05, 0.1) is 11.6 Å². The highest BCUT2D eigenvalue weighted by molar-refractivity contribution is 5.85. The first kappa shape index (κ1) is 46.3. The van der Waals surface area contributed by atoms with Gasteiger partial charge in [0.1, 0.15) is 0 Å². The normalized spacial score (nSPS) is 10.5. The second-order valence-electron chi connectivity index (χ2n) is 14.0. The van der Waals surface area contributed by atoms with Gasteiger partial charge in [0.25, 0.3) is 0 Å². The van der Waals surface area contributed by atoms with Crippen molar-refractivity contribution in [2.75, 3.05) is 7.05 Å². The lowest BCUT2D eigenvalue weighted by Gasteiger charge is -2.21. The monoisotopic (exact) mass is 766 g/mol. The Kier molecular flexibility index (Phi) is 20.2. The molecule has 3 heteroatoms. The largest absolute Gasteiger partial charge is 0.324 e. The first-order chi connectivity index (χ1) is 28.2. The summed E-state index contributed by atoms with van der Waals surface area (Å²) in [6, 6.07) is 65.8. The van der Waals surface area contributed by atoms with Gasteiger partial charge in [0.15, 0.2) is 0 Å². The molecular weight excluding hydrogens is 703 g/mol. The predicted molar refractivity (Wildman–Crippen MR) is 252 cm³/mol. The summed E-state index contributed by atoms with van der Waals surface area (Å²) >= 11 is 0. The van der Waals surface area contributed by atoms with Gasteiger partial charge >= 0.3 is 0 Å². The number of hydrogen-bond donors (Lipinski definition) is 1. The summed E-state index contributed by atoms with van der Waals surface area (Å²) in [6.07, 6.45) is 0. The number of aryl methyl sites for hydroxylation is 1. The molecule has 0 aliphatic carbocycles. The summed E-state index contributed by atoms with van der Waals surface area (Å²) < 4.78 is 0. The molecule has 0 aromatic heterocycles. The molecule has 0 fully saturated rings. The Bertz CT molecular complexity index is 2160. The second-order valence-corrected chi connectivity index (χ2v) is 14.0. The fraction of sp³-hybridized carbons (Fsp3) is 0.218. The third-order valence-electron chi connectivity index (χ3n) is 9.44. The van der Waals surface area contributed by atoms with Crippen LogP contribution in [0, 0.1) is 18.3 Å². The van der Waals surface area contributed by atoms with E-state index in [2.05, 4.69) is 154 Å². The minimum Gasteiger partial charge on any atom is -0.324 e. The summed E-state index contributed by atoms with van der Waals surface area (Å²) in [7, 11) is 2.15. The Hall–Kier alpha value is -6.05. The van der Waals surface area contributed by atoms with Crippen LogP contribution in [0.15, 0.2) is 182 Å². The number of hydrogen-bond acceptors (Lipinski definition) is 3. The van der Waals surface area contributed by atoms with Crippen LogP contribution >= 0.6 is 0 Å². The molecule has 0 spiro atoms. The van der Waals surface area contributed by atoms with Crippen molar-refractivity contribution in [3.63, 3.8) is 0 Å². The highest BCUT2D eigenvalue weighted by atomic mass is 15.1. The van der Waals surface area contributed by atoms with Crippen molar-refractivity contribution in [1.29, 1.82) is 5.26 Å². The lowest BCUT2D eigenvalue weighted by Crippen LogP contribution is -2.25. The molecule has 0 aliphatic rings. The molecule has 1 atom stereocenters. The lowest BCUT2D eigenvalue weighted by atomic mass is 9.90. The highest BCUT2D eigenvalue weighted by Crippen LogP contribution is 2.36. The standard InChI is InChI=1S/C36H32N2.C8H11N.C7H8.2C2H6/c1-26(2)38(3)25-27-11-10-16-30(19-27)31-17-18-32(24-37)36(23-31)35-21-33(28-12-6-4-7-13-28)20-34(22-35)29-14-8-5-9-15-29;1-7(9)8-5-3-2-4-6-8;1-7-5-3-2-4-6-7;2*1-2/h4-23,26H,25H2,1-3H3;2-7H,9H2,1H3;2-6H,1H3;2*1-2H3. The average Bonchev–Trinajstić information content (AvgIpc) is 3.29. The van der Waals surface area contributed by atoms with Crippen LogP contribution in [0.5, 0.6) is 0 Å². The van der Waals surface area contributed by atoms with Crippen molar-refractivity contribution in [3.8, 4) is 50.6 Å². The van der Waals surface area contributed by atoms with Crippen LogP contribution in [0.2, 0.25) is 0 Å². The van der Waals surface area contributed by atoms with Crippen molar-refractivity contribution < 1.29 is 0 Å². The number of rotatable bonds is 8. The molecule has 7 rings (SSSR count). The number of nitriles is 1. The Morgan fingerprint density at radius 3 is 1.38 bits per heavy atom. The predicted octanol–water partition coefficient (Wildman–Crippen LogP) is 14.8. The molecule has 0 amide bonds. The summed E-state index contributed by atoms with van der Waals surface area (Å²) in [5.41, 5.74) is 18.9. The molecule has 1 unspecified atom stereocenters. The molecule has 0 radical (unpaired) electrons. The van der Waals surface area contributed by atoms with Crippen molar-refractivity contribution in [1.82, 2.24) is 4.90 Å². The van der Waals surface area contributed by atoms with Gasteiger partial charge in [0, 0.05) is 24.2 Å². The van der Waals surface area contributed by atoms with Gasteiger partial charge in [-0.05, 0) is 121 Å². The number of nitrogens with zero attached hydrogens (tertiary/aromatic N) is 2. The van der Waals surface area contributed by atoms with Crippen molar-refractivity contribution in [2.45, 2.75) is 74.0 Å². The highest BCUT2D eigenvalue weighted by Gasteiger charge is 2.13. The van der Waals surface area contributed by atoms with Gasteiger partial charge in [-0.3, -0.25) is 4.90 Å². The van der Waals surface area contributed by atoms with Gasteiger partial charge in [-0.25, -0.2) is 0 Å². The zero-order valence-electron chi connectivity index (χ0n) is 36.2. The Balaban J connectivity index is 0.000000368. The zero-order valence-corrected chi connectivity index (χ0v) is 36.2. The van der Waals surface area contributed by atoms with Crippen LogP contribution in [-0.2, 0) is 6.54 Å². The van der Waals surface area contributed by atoms with Gasteiger partial charge < -0.3 is 5.73 Å². The Morgan fingerprint density at radius 1 is 0.500 bits per heavy atom. The maximum absolute atomic E-state index is 10.1. The third-order valence-corrected chi connectivity index (χ3v) is 9.44. The van der Waals surface area contributed by atoms with E-state index in [1.54, 1.807) is 0 Å². The molecule has 0 saturated carbocycles. The quantitative estimate of drug-likeness (QED) is 0.168. The maximum Gasteiger partial charge on any atom is 0.0998 e. The summed E-state index contributed by atoms with van der Waals surface area (Å²) in [5.74, 6) is 0. The lowest BCUT2D eigenvalue weighted by molar-refractivity contribution is 0.266. The molecule has 7 aromatic carbocycles. The van der Waals surface area contributed by atoms with Gasteiger partial charge in [-0.2, -0.15) is 5.26 Å². The second kappa shape index (κ2) is 25.3. The fourth-order valence-corrected chi connectivity index (χ4v) is 6.05. The molecule has 0 bridgehead atoms. The first-order valence-electron chi connectivity index (χ1n) is 20.6.